The molecule has 0 amide bonds. The van der Waals surface area contributed by atoms with E-state index in [2.05, 4.69) is 0 Å². The van der Waals surface area contributed by atoms with Crippen molar-refractivity contribution in [3.05, 3.63) is 28.8 Å². The van der Waals surface area contributed by atoms with Gasteiger partial charge in [0.15, 0.2) is 0 Å². The van der Waals surface area contributed by atoms with Gasteiger partial charge in [0.25, 0.3) is 0 Å². The SMILES string of the molecule is CN(C)C(C)(Cc1cc(Cl)ccc1O)C(=O)O. The second-order valence-electron chi connectivity index (χ2n) is 4.42. The van der Waals surface area contributed by atoms with Crippen molar-refractivity contribution in [1.29, 1.82) is 0 Å². The molecule has 0 aliphatic heterocycles. The van der Waals surface area contributed by atoms with E-state index in [1.165, 1.54) is 6.07 Å². The van der Waals surface area contributed by atoms with Crippen LogP contribution >= 0.6 is 11.6 Å². The third kappa shape index (κ3) is 2.90. The highest BCUT2D eigenvalue weighted by molar-refractivity contribution is 6.30. The van der Waals surface area contributed by atoms with E-state index >= 15 is 0 Å². The molecule has 0 saturated carbocycles. The number of hydrogen-bond donors (Lipinski definition) is 2. The Balaban J connectivity index is 3.10. The lowest BCUT2D eigenvalue weighted by molar-refractivity contribution is -0.148. The number of benzene rings is 1. The number of carboxylic acids is 1. The van der Waals surface area contributed by atoms with Crippen molar-refractivity contribution in [2.75, 3.05) is 14.1 Å². The Morgan fingerprint density at radius 2 is 2.06 bits per heavy atom. The Hall–Kier alpha value is -1.26. The summed E-state index contributed by atoms with van der Waals surface area (Å²) in [6.07, 6.45) is 0.182. The second kappa shape index (κ2) is 4.94. The second-order valence-corrected chi connectivity index (χ2v) is 4.86. The number of phenols is 1. The first-order chi connectivity index (χ1) is 7.77. The lowest BCUT2D eigenvalue weighted by Gasteiger charge is -2.32. The first kappa shape index (κ1) is 13.8. The smallest absolute Gasteiger partial charge is 0.324 e. The maximum Gasteiger partial charge on any atom is 0.324 e. The molecular formula is C12H16ClNO3. The Kier molecular flexibility index (Phi) is 4.01. The average Bonchev–Trinajstić information content (AvgIpc) is 2.22. The van der Waals surface area contributed by atoms with Crippen LogP contribution in [0.5, 0.6) is 5.75 Å². The van der Waals surface area contributed by atoms with E-state index in [-0.39, 0.29) is 12.2 Å². The predicted octanol–water partition coefficient (Wildman–Crippen LogP) is 1.99. The number of phenolic OH excluding ortho intramolecular Hbond substituents is 1. The van der Waals surface area contributed by atoms with Gasteiger partial charge in [0.1, 0.15) is 11.3 Å². The maximum atomic E-state index is 11.3. The van der Waals surface area contributed by atoms with Crippen LogP contribution in [-0.2, 0) is 11.2 Å². The largest absolute Gasteiger partial charge is 0.508 e. The van der Waals surface area contributed by atoms with Gasteiger partial charge in [-0.15, -0.1) is 0 Å². The Morgan fingerprint density at radius 1 is 1.47 bits per heavy atom. The van der Waals surface area contributed by atoms with Crippen LogP contribution in [0.1, 0.15) is 12.5 Å². The van der Waals surface area contributed by atoms with E-state index in [9.17, 15) is 15.0 Å². The summed E-state index contributed by atoms with van der Waals surface area (Å²) in [5.74, 6) is -0.884. The number of nitrogens with zero attached hydrogens (tertiary/aromatic N) is 1. The molecule has 17 heavy (non-hydrogen) atoms. The molecule has 0 aromatic heterocycles. The van der Waals surface area contributed by atoms with Gasteiger partial charge in [-0.05, 0) is 44.8 Å². The standard InChI is InChI=1S/C12H16ClNO3/c1-12(11(16)17,14(2)3)7-8-6-9(13)4-5-10(8)15/h4-6,15H,7H2,1-3H3,(H,16,17). The summed E-state index contributed by atoms with van der Waals surface area (Å²) in [4.78, 5) is 12.9. The molecule has 0 bridgehead atoms. The highest BCUT2D eigenvalue weighted by Crippen LogP contribution is 2.27. The van der Waals surface area contributed by atoms with Crippen molar-refractivity contribution in [2.45, 2.75) is 18.9 Å². The number of likely N-dealkylation sites (N-methyl/N-ethyl adjacent to an activating group) is 1. The molecule has 0 spiro atoms. The lowest BCUT2D eigenvalue weighted by atomic mass is 9.91. The summed E-state index contributed by atoms with van der Waals surface area (Å²) in [5.41, 5.74) is -0.557. The van der Waals surface area contributed by atoms with Crippen LogP contribution in [0.3, 0.4) is 0 Å². The number of rotatable bonds is 4. The Labute approximate surface area is 105 Å². The molecule has 5 heteroatoms. The molecule has 1 rings (SSSR count). The summed E-state index contributed by atoms with van der Waals surface area (Å²) in [7, 11) is 3.38. The molecule has 0 saturated heterocycles. The first-order valence-corrected chi connectivity index (χ1v) is 5.53. The minimum Gasteiger partial charge on any atom is -0.508 e. The van der Waals surface area contributed by atoms with E-state index in [0.29, 0.717) is 10.6 Å². The summed E-state index contributed by atoms with van der Waals surface area (Å²) >= 11 is 5.83. The maximum absolute atomic E-state index is 11.3. The number of aromatic hydroxyl groups is 1. The fourth-order valence-corrected chi connectivity index (χ4v) is 1.69. The van der Waals surface area contributed by atoms with Crippen LogP contribution in [-0.4, -0.2) is 40.7 Å². The van der Waals surface area contributed by atoms with Gasteiger partial charge in [0.05, 0.1) is 0 Å². The summed E-state index contributed by atoms with van der Waals surface area (Å²) in [6, 6.07) is 4.62. The summed E-state index contributed by atoms with van der Waals surface area (Å²) in [6.45, 7) is 1.61. The van der Waals surface area contributed by atoms with Gasteiger partial charge in [-0.3, -0.25) is 9.69 Å². The number of aliphatic carboxylic acids is 1. The van der Waals surface area contributed by atoms with Gasteiger partial charge in [-0.25, -0.2) is 0 Å². The normalized spacial score (nSPS) is 14.6. The van der Waals surface area contributed by atoms with E-state index in [1.807, 2.05) is 0 Å². The molecular weight excluding hydrogens is 242 g/mol. The predicted molar refractivity (Wildman–Crippen MR) is 66.5 cm³/mol. The molecule has 1 unspecified atom stereocenters. The van der Waals surface area contributed by atoms with Crippen LogP contribution in [0.4, 0.5) is 0 Å². The van der Waals surface area contributed by atoms with Gasteiger partial charge >= 0.3 is 5.97 Å². The lowest BCUT2D eigenvalue weighted by Crippen LogP contribution is -2.50. The molecule has 1 atom stereocenters. The molecule has 0 aliphatic rings. The van der Waals surface area contributed by atoms with Gasteiger partial charge in [0, 0.05) is 11.4 Å². The Morgan fingerprint density at radius 3 is 2.53 bits per heavy atom. The third-order valence-corrected chi connectivity index (χ3v) is 3.26. The molecule has 0 aliphatic carbocycles. The monoisotopic (exact) mass is 257 g/mol. The molecule has 94 valence electrons. The van der Waals surface area contributed by atoms with Crippen LogP contribution < -0.4 is 0 Å². The van der Waals surface area contributed by atoms with Gasteiger partial charge in [0.2, 0.25) is 0 Å². The average molecular weight is 258 g/mol. The molecule has 1 aromatic carbocycles. The van der Waals surface area contributed by atoms with E-state index in [1.54, 1.807) is 38.1 Å². The quantitative estimate of drug-likeness (QED) is 0.866. The zero-order chi connectivity index (χ0) is 13.2. The van der Waals surface area contributed by atoms with Crippen LogP contribution in [0.25, 0.3) is 0 Å². The number of halogens is 1. The molecule has 0 fully saturated rings. The van der Waals surface area contributed by atoms with Crippen molar-refractivity contribution >= 4 is 17.6 Å². The van der Waals surface area contributed by atoms with Crippen LogP contribution in [0.15, 0.2) is 18.2 Å². The summed E-state index contributed by atoms with van der Waals surface area (Å²) < 4.78 is 0. The zero-order valence-corrected chi connectivity index (χ0v) is 10.8. The fraction of sp³-hybridized carbons (Fsp3) is 0.417. The highest BCUT2D eigenvalue weighted by atomic mass is 35.5. The number of hydrogen-bond acceptors (Lipinski definition) is 3. The molecule has 2 N–H and O–H groups in total. The first-order valence-electron chi connectivity index (χ1n) is 5.15. The summed E-state index contributed by atoms with van der Waals surface area (Å²) in [5, 5.41) is 19.4. The topological polar surface area (TPSA) is 60.8 Å². The molecule has 0 radical (unpaired) electrons. The van der Waals surface area contributed by atoms with E-state index in [0.717, 1.165) is 0 Å². The Bertz CT molecular complexity index is 434. The van der Waals surface area contributed by atoms with Crippen LogP contribution in [0, 0.1) is 0 Å². The minimum atomic E-state index is -1.08. The van der Waals surface area contributed by atoms with Gasteiger partial charge in [-0.2, -0.15) is 0 Å². The minimum absolute atomic E-state index is 0.0590. The molecule has 1 aromatic rings. The van der Waals surface area contributed by atoms with Gasteiger partial charge < -0.3 is 10.2 Å². The van der Waals surface area contributed by atoms with Crippen molar-refractivity contribution in [3.63, 3.8) is 0 Å². The van der Waals surface area contributed by atoms with Crippen molar-refractivity contribution in [3.8, 4) is 5.75 Å². The number of carbonyl (C=O) groups is 1. The zero-order valence-electron chi connectivity index (χ0n) is 10.1. The van der Waals surface area contributed by atoms with Crippen LogP contribution in [0.2, 0.25) is 5.02 Å². The van der Waals surface area contributed by atoms with E-state index < -0.39 is 11.5 Å². The number of carboxylic acid groups (broad SMARTS) is 1. The van der Waals surface area contributed by atoms with Crippen molar-refractivity contribution < 1.29 is 15.0 Å². The molecule has 0 heterocycles. The fourth-order valence-electron chi connectivity index (χ4n) is 1.49. The van der Waals surface area contributed by atoms with Crippen molar-refractivity contribution in [1.82, 2.24) is 4.90 Å². The van der Waals surface area contributed by atoms with Gasteiger partial charge in [-0.1, -0.05) is 11.6 Å². The van der Waals surface area contributed by atoms with Crippen molar-refractivity contribution in [2.24, 2.45) is 0 Å². The van der Waals surface area contributed by atoms with E-state index in [4.69, 9.17) is 11.6 Å². The third-order valence-electron chi connectivity index (χ3n) is 3.02. The molecule has 4 nitrogen and oxygen atoms in total. The highest BCUT2D eigenvalue weighted by Gasteiger charge is 2.36.